The Morgan fingerprint density at radius 1 is 1.14 bits per heavy atom. The van der Waals surface area contributed by atoms with Crippen LogP contribution in [0.15, 0.2) is 47.5 Å². The Kier molecular flexibility index (Phi) is 5.93. The van der Waals surface area contributed by atoms with E-state index in [0.717, 1.165) is 12.0 Å². The van der Waals surface area contributed by atoms with Gasteiger partial charge in [0, 0.05) is 5.56 Å². The van der Waals surface area contributed by atoms with Crippen molar-refractivity contribution in [1.29, 1.82) is 0 Å². The Morgan fingerprint density at radius 2 is 1.86 bits per heavy atom. The molecule has 1 heterocycles. The molecule has 0 saturated carbocycles. The Morgan fingerprint density at radius 3 is 2.50 bits per heavy atom. The van der Waals surface area contributed by atoms with Gasteiger partial charge in [0.2, 0.25) is 11.9 Å². The topological polar surface area (TPSA) is 89.0 Å². The third-order valence-corrected chi connectivity index (χ3v) is 4.57. The first-order valence-corrected chi connectivity index (χ1v) is 9.04. The highest BCUT2D eigenvalue weighted by Crippen LogP contribution is 2.28. The third-order valence-electron chi connectivity index (χ3n) is 4.57. The van der Waals surface area contributed by atoms with Crippen LogP contribution in [0.3, 0.4) is 0 Å². The maximum Gasteiger partial charge on any atom is 0.258 e. The summed E-state index contributed by atoms with van der Waals surface area (Å²) in [6, 6.07) is 12.5. The number of carbonyl (C=O) groups is 2. The minimum absolute atomic E-state index is 0.139. The fraction of sp³-hybridized carbons (Fsp3) is 0.286. The lowest BCUT2D eigenvalue weighted by Gasteiger charge is -2.21. The SMILES string of the molecule is CCc1ccc(C2CC(=O)NC(NC(=O)c3ccc(OC)c(OC)c3)=N2)cc1. The van der Waals surface area contributed by atoms with E-state index in [-0.39, 0.29) is 24.3 Å². The molecule has 7 nitrogen and oxygen atoms in total. The number of ether oxygens (including phenoxy) is 2. The molecule has 0 spiro atoms. The summed E-state index contributed by atoms with van der Waals surface area (Å²) in [4.78, 5) is 29.2. The zero-order valence-corrected chi connectivity index (χ0v) is 16.1. The van der Waals surface area contributed by atoms with Gasteiger partial charge in [0.25, 0.3) is 5.91 Å². The van der Waals surface area contributed by atoms with Crippen molar-refractivity contribution in [1.82, 2.24) is 10.6 Å². The van der Waals surface area contributed by atoms with E-state index in [4.69, 9.17) is 9.47 Å². The molecule has 0 aromatic heterocycles. The van der Waals surface area contributed by atoms with Gasteiger partial charge in [-0.2, -0.15) is 0 Å². The largest absolute Gasteiger partial charge is 0.493 e. The van der Waals surface area contributed by atoms with Crippen molar-refractivity contribution in [3.05, 3.63) is 59.2 Å². The summed E-state index contributed by atoms with van der Waals surface area (Å²) in [7, 11) is 3.02. The Bertz CT molecular complexity index is 906. The summed E-state index contributed by atoms with van der Waals surface area (Å²) in [5, 5.41) is 5.27. The summed E-state index contributed by atoms with van der Waals surface area (Å²) in [6.07, 6.45) is 1.18. The predicted molar refractivity (Wildman–Crippen MR) is 106 cm³/mol. The van der Waals surface area contributed by atoms with Gasteiger partial charge in [0.05, 0.1) is 26.7 Å². The molecule has 2 amide bonds. The monoisotopic (exact) mass is 381 g/mol. The lowest BCUT2D eigenvalue weighted by atomic mass is 10.0. The van der Waals surface area contributed by atoms with Crippen molar-refractivity contribution in [3.63, 3.8) is 0 Å². The van der Waals surface area contributed by atoms with E-state index in [1.165, 1.54) is 19.8 Å². The molecule has 0 saturated heterocycles. The molecule has 1 aliphatic heterocycles. The second kappa shape index (κ2) is 8.56. The average molecular weight is 381 g/mol. The first kappa shape index (κ1) is 19.4. The summed E-state index contributed by atoms with van der Waals surface area (Å²) < 4.78 is 10.4. The zero-order chi connectivity index (χ0) is 20.1. The zero-order valence-electron chi connectivity index (χ0n) is 16.1. The molecule has 2 N–H and O–H groups in total. The van der Waals surface area contributed by atoms with Crippen molar-refractivity contribution >= 4 is 17.8 Å². The maximum atomic E-state index is 12.6. The van der Waals surface area contributed by atoms with E-state index in [1.807, 2.05) is 24.3 Å². The smallest absolute Gasteiger partial charge is 0.258 e. The standard InChI is InChI=1S/C21H23N3O4/c1-4-13-5-7-14(8-6-13)16-12-19(25)23-21(22-16)24-20(26)15-9-10-17(27-2)18(11-15)28-3/h5-11,16H,4,12H2,1-3H3,(H2,22,23,24,25,26). The number of methoxy groups -OCH3 is 2. The van der Waals surface area contributed by atoms with Gasteiger partial charge < -0.3 is 9.47 Å². The normalized spacial score (nSPS) is 16.0. The predicted octanol–water partition coefficient (Wildman–Crippen LogP) is 2.61. The molecule has 3 rings (SSSR count). The summed E-state index contributed by atoms with van der Waals surface area (Å²) in [6.45, 7) is 2.09. The first-order chi connectivity index (χ1) is 13.5. The van der Waals surface area contributed by atoms with Crippen molar-refractivity contribution in [2.75, 3.05) is 14.2 Å². The minimum Gasteiger partial charge on any atom is -0.493 e. The van der Waals surface area contributed by atoms with E-state index in [0.29, 0.717) is 17.1 Å². The summed E-state index contributed by atoms with van der Waals surface area (Å²) in [5.41, 5.74) is 2.52. The Balaban J connectivity index is 1.79. The Labute approximate surface area is 163 Å². The Hall–Kier alpha value is -3.35. The van der Waals surface area contributed by atoms with Gasteiger partial charge in [-0.05, 0) is 35.7 Å². The van der Waals surface area contributed by atoms with Crippen LogP contribution in [0.5, 0.6) is 11.5 Å². The van der Waals surface area contributed by atoms with E-state index < -0.39 is 5.91 Å². The van der Waals surface area contributed by atoms with Gasteiger partial charge in [0.15, 0.2) is 11.5 Å². The fourth-order valence-corrected chi connectivity index (χ4v) is 2.98. The number of nitrogens with zero attached hydrogens (tertiary/aromatic N) is 1. The van der Waals surface area contributed by atoms with Crippen LogP contribution in [0.25, 0.3) is 0 Å². The summed E-state index contributed by atoms with van der Waals surface area (Å²) in [5.74, 6) is 0.515. The van der Waals surface area contributed by atoms with Crippen LogP contribution in [0.4, 0.5) is 0 Å². The van der Waals surface area contributed by atoms with Crippen LogP contribution in [0, 0.1) is 0 Å². The highest BCUT2D eigenvalue weighted by atomic mass is 16.5. The van der Waals surface area contributed by atoms with Crippen molar-refractivity contribution < 1.29 is 19.1 Å². The van der Waals surface area contributed by atoms with E-state index >= 15 is 0 Å². The number of hydrogen-bond acceptors (Lipinski definition) is 5. The number of guanidine groups is 1. The second-order valence-electron chi connectivity index (χ2n) is 6.36. The molecule has 0 radical (unpaired) electrons. The van der Waals surface area contributed by atoms with Crippen LogP contribution in [0.1, 0.15) is 40.9 Å². The van der Waals surface area contributed by atoms with E-state index in [2.05, 4.69) is 22.5 Å². The van der Waals surface area contributed by atoms with Crippen molar-refractivity contribution in [2.24, 2.45) is 4.99 Å². The second-order valence-corrected chi connectivity index (χ2v) is 6.36. The molecule has 7 heteroatoms. The lowest BCUT2D eigenvalue weighted by Crippen LogP contribution is -2.47. The third kappa shape index (κ3) is 4.31. The quantitative estimate of drug-likeness (QED) is 0.833. The number of nitrogens with one attached hydrogen (secondary N) is 2. The van der Waals surface area contributed by atoms with E-state index in [1.54, 1.807) is 18.2 Å². The average Bonchev–Trinajstić information content (AvgIpc) is 2.72. The lowest BCUT2D eigenvalue weighted by molar-refractivity contribution is -0.120. The molecule has 0 aliphatic carbocycles. The summed E-state index contributed by atoms with van der Waals surface area (Å²) >= 11 is 0. The molecular formula is C21H23N3O4. The number of aryl methyl sites for hydroxylation is 1. The first-order valence-electron chi connectivity index (χ1n) is 9.04. The highest BCUT2D eigenvalue weighted by molar-refractivity contribution is 6.10. The van der Waals surface area contributed by atoms with Gasteiger partial charge in [0.1, 0.15) is 0 Å². The molecule has 1 unspecified atom stereocenters. The molecule has 28 heavy (non-hydrogen) atoms. The molecular weight excluding hydrogens is 358 g/mol. The van der Waals surface area contributed by atoms with Crippen LogP contribution >= 0.6 is 0 Å². The molecule has 0 fully saturated rings. The number of benzene rings is 2. The molecule has 2 aromatic rings. The number of amides is 2. The van der Waals surface area contributed by atoms with Gasteiger partial charge >= 0.3 is 0 Å². The molecule has 2 aromatic carbocycles. The van der Waals surface area contributed by atoms with Gasteiger partial charge in [-0.1, -0.05) is 31.2 Å². The fourth-order valence-electron chi connectivity index (χ4n) is 2.98. The van der Waals surface area contributed by atoms with Crippen LogP contribution < -0.4 is 20.1 Å². The molecule has 1 aliphatic rings. The number of aliphatic imine (C=N–C) groups is 1. The number of hydrogen-bond donors (Lipinski definition) is 2. The van der Waals surface area contributed by atoms with Crippen molar-refractivity contribution in [3.8, 4) is 11.5 Å². The minimum atomic E-state index is -0.401. The van der Waals surface area contributed by atoms with Gasteiger partial charge in [-0.15, -0.1) is 0 Å². The van der Waals surface area contributed by atoms with Crippen LogP contribution in [-0.2, 0) is 11.2 Å². The van der Waals surface area contributed by atoms with E-state index in [9.17, 15) is 9.59 Å². The van der Waals surface area contributed by atoms with Crippen molar-refractivity contribution in [2.45, 2.75) is 25.8 Å². The van der Waals surface area contributed by atoms with Gasteiger partial charge in [-0.3, -0.25) is 20.2 Å². The number of carbonyl (C=O) groups excluding carboxylic acids is 2. The molecule has 146 valence electrons. The molecule has 0 bridgehead atoms. The van der Waals surface area contributed by atoms with Crippen LogP contribution in [-0.4, -0.2) is 32.0 Å². The number of rotatable bonds is 5. The van der Waals surface area contributed by atoms with Gasteiger partial charge in [-0.25, -0.2) is 4.99 Å². The van der Waals surface area contributed by atoms with Crippen LogP contribution in [0.2, 0.25) is 0 Å². The maximum absolute atomic E-state index is 12.6. The highest BCUT2D eigenvalue weighted by Gasteiger charge is 2.24. The molecule has 1 atom stereocenters.